The maximum atomic E-state index is 5.76. The van der Waals surface area contributed by atoms with Crippen LogP contribution in [0.2, 0.25) is 0 Å². The second-order valence-electron chi connectivity index (χ2n) is 6.88. The van der Waals surface area contributed by atoms with E-state index >= 15 is 0 Å². The Hall–Kier alpha value is -2.73. The van der Waals surface area contributed by atoms with E-state index in [-0.39, 0.29) is 0 Å². The molecule has 0 radical (unpaired) electrons. The van der Waals surface area contributed by atoms with Gasteiger partial charge in [-0.25, -0.2) is 9.97 Å². The summed E-state index contributed by atoms with van der Waals surface area (Å²) >= 11 is 1.51. The number of pyridine rings is 1. The molecule has 6 heteroatoms. The van der Waals surface area contributed by atoms with Gasteiger partial charge in [0.25, 0.3) is 0 Å². The number of fused-ring (bicyclic) bond motifs is 2. The zero-order valence-electron chi connectivity index (χ0n) is 14.5. The van der Waals surface area contributed by atoms with Crippen molar-refractivity contribution >= 4 is 28.6 Å². The lowest BCUT2D eigenvalue weighted by Crippen LogP contribution is -2.10. The molecular weight excluding hydrogens is 342 g/mol. The van der Waals surface area contributed by atoms with Gasteiger partial charge in [-0.1, -0.05) is 30.5 Å². The quantitative estimate of drug-likeness (QED) is 0.558. The molecule has 2 N–H and O–H groups in total. The number of thioether (sulfide) groups is 1. The van der Waals surface area contributed by atoms with Gasteiger partial charge in [0.1, 0.15) is 5.52 Å². The van der Waals surface area contributed by atoms with Crippen molar-refractivity contribution < 1.29 is 0 Å². The summed E-state index contributed by atoms with van der Waals surface area (Å²) in [6.45, 7) is 7.76. The molecule has 4 heterocycles. The van der Waals surface area contributed by atoms with Crippen molar-refractivity contribution in [2.24, 2.45) is 5.73 Å². The van der Waals surface area contributed by atoms with Crippen LogP contribution < -0.4 is 5.73 Å². The summed E-state index contributed by atoms with van der Waals surface area (Å²) < 4.78 is 2.09. The number of aryl methyl sites for hydroxylation is 1. The van der Waals surface area contributed by atoms with Crippen molar-refractivity contribution in [1.29, 1.82) is 0 Å². The van der Waals surface area contributed by atoms with Crippen molar-refractivity contribution in [1.82, 2.24) is 19.4 Å². The third-order valence-electron chi connectivity index (χ3n) is 4.91. The van der Waals surface area contributed by atoms with Gasteiger partial charge in [0.2, 0.25) is 0 Å². The Balaban J connectivity index is 1.43. The Bertz CT molecular complexity index is 1080. The number of aromatic nitrogens is 3. The Morgan fingerprint density at radius 2 is 2.23 bits per heavy atom. The van der Waals surface area contributed by atoms with Gasteiger partial charge in [-0.05, 0) is 36.3 Å². The van der Waals surface area contributed by atoms with Gasteiger partial charge in [0, 0.05) is 28.9 Å². The van der Waals surface area contributed by atoms with Crippen LogP contribution in [0.25, 0.3) is 16.9 Å². The van der Waals surface area contributed by atoms with Crippen LogP contribution in [0.4, 0.5) is 0 Å². The highest BCUT2D eigenvalue weighted by atomic mass is 32.2. The van der Waals surface area contributed by atoms with Gasteiger partial charge in [-0.3, -0.25) is 0 Å². The SMILES string of the molecule is C=C(N)Sc1cc(Cn2cnc3cc(C4=CC5CN45)cnc32)ccc1C. The van der Waals surface area contributed by atoms with E-state index in [1.165, 1.54) is 28.6 Å². The fraction of sp³-hybridized carbons (Fsp3) is 0.200. The molecule has 5 rings (SSSR count). The molecule has 2 aromatic heterocycles. The van der Waals surface area contributed by atoms with Gasteiger partial charge in [-0.2, -0.15) is 0 Å². The van der Waals surface area contributed by atoms with Crippen molar-refractivity contribution in [2.45, 2.75) is 24.4 Å². The van der Waals surface area contributed by atoms with E-state index in [9.17, 15) is 0 Å². The average molecular weight is 361 g/mol. The molecule has 1 saturated heterocycles. The highest BCUT2D eigenvalue weighted by Gasteiger charge is 2.43. The second-order valence-corrected chi connectivity index (χ2v) is 8.05. The molecule has 1 fully saturated rings. The van der Waals surface area contributed by atoms with Crippen LogP contribution in [0.3, 0.4) is 0 Å². The van der Waals surface area contributed by atoms with Crippen molar-refractivity contribution in [3.8, 4) is 0 Å². The minimum absolute atomic E-state index is 0.603. The number of hydrogen-bond donors (Lipinski definition) is 1. The zero-order chi connectivity index (χ0) is 17.8. The molecule has 1 atom stereocenters. The normalized spacial score (nSPS) is 17.7. The smallest absolute Gasteiger partial charge is 0.160 e. The highest BCUT2D eigenvalue weighted by Crippen LogP contribution is 2.42. The largest absolute Gasteiger partial charge is 0.394 e. The lowest BCUT2D eigenvalue weighted by molar-refractivity contribution is 0.707. The second kappa shape index (κ2) is 5.64. The Kier molecular flexibility index (Phi) is 3.37. The van der Waals surface area contributed by atoms with E-state index in [0.29, 0.717) is 11.1 Å². The average Bonchev–Trinajstić information content (AvgIpc) is 3.06. The van der Waals surface area contributed by atoms with Gasteiger partial charge in [0.05, 0.1) is 23.9 Å². The van der Waals surface area contributed by atoms with Crippen molar-refractivity contribution in [3.63, 3.8) is 0 Å². The maximum absolute atomic E-state index is 5.76. The minimum Gasteiger partial charge on any atom is -0.394 e. The van der Waals surface area contributed by atoms with Crippen LogP contribution in [0, 0.1) is 6.92 Å². The molecule has 1 unspecified atom stereocenters. The summed E-state index contributed by atoms with van der Waals surface area (Å²) in [7, 11) is 0. The monoisotopic (exact) mass is 361 g/mol. The lowest BCUT2D eigenvalue weighted by atomic mass is 10.1. The van der Waals surface area contributed by atoms with E-state index in [1.807, 2.05) is 12.5 Å². The molecule has 0 spiro atoms. The summed E-state index contributed by atoms with van der Waals surface area (Å²) in [6.07, 6.45) is 6.12. The molecule has 0 amide bonds. The first-order valence-corrected chi connectivity index (χ1v) is 9.41. The number of rotatable bonds is 5. The Labute approximate surface area is 156 Å². The van der Waals surface area contributed by atoms with Crippen LogP contribution in [0.5, 0.6) is 0 Å². The van der Waals surface area contributed by atoms with E-state index in [4.69, 9.17) is 5.73 Å². The predicted molar refractivity (Wildman–Crippen MR) is 105 cm³/mol. The summed E-state index contributed by atoms with van der Waals surface area (Å²) in [5.41, 5.74) is 12.4. The third kappa shape index (κ3) is 2.57. The van der Waals surface area contributed by atoms with Crippen molar-refractivity contribution in [3.05, 3.63) is 71.2 Å². The molecule has 0 bridgehead atoms. The first-order valence-electron chi connectivity index (χ1n) is 8.60. The van der Waals surface area contributed by atoms with Crippen molar-refractivity contribution in [2.75, 3.05) is 6.54 Å². The highest BCUT2D eigenvalue weighted by molar-refractivity contribution is 8.03. The molecule has 3 aromatic rings. The molecular formula is C20H19N5S. The summed E-state index contributed by atoms with van der Waals surface area (Å²) in [4.78, 5) is 12.7. The number of imidazole rings is 1. The van der Waals surface area contributed by atoms with Crippen LogP contribution >= 0.6 is 11.8 Å². The molecule has 0 saturated carbocycles. The molecule has 0 aliphatic carbocycles. The standard InChI is InChI=1S/C20H19N5S/c1-12-3-4-14(5-19(12)26-13(2)21)9-24-11-23-17-6-15(8-22-20(17)24)18-7-16-10-25(16)18/h3-8,11,16H,2,9-10,21H2,1H3. The molecule has 1 aromatic carbocycles. The predicted octanol–water partition coefficient (Wildman–Crippen LogP) is 3.35. The van der Waals surface area contributed by atoms with E-state index in [2.05, 4.69) is 63.3 Å². The van der Waals surface area contributed by atoms with Gasteiger partial charge in [-0.15, -0.1) is 0 Å². The van der Waals surface area contributed by atoms with E-state index in [0.717, 1.165) is 34.7 Å². The van der Waals surface area contributed by atoms with Crippen LogP contribution in [-0.4, -0.2) is 32.0 Å². The summed E-state index contributed by atoms with van der Waals surface area (Å²) in [6, 6.07) is 9.23. The van der Waals surface area contributed by atoms with Gasteiger partial charge >= 0.3 is 0 Å². The number of hydrogen-bond acceptors (Lipinski definition) is 5. The fourth-order valence-corrected chi connectivity index (χ4v) is 4.15. The molecule has 2 aliphatic heterocycles. The van der Waals surface area contributed by atoms with E-state index < -0.39 is 0 Å². The molecule has 26 heavy (non-hydrogen) atoms. The van der Waals surface area contributed by atoms with Gasteiger partial charge < -0.3 is 15.2 Å². The molecule has 130 valence electrons. The minimum atomic E-state index is 0.603. The maximum Gasteiger partial charge on any atom is 0.160 e. The fourth-order valence-electron chi connectivity index (χ4n) is 3.43. The lowest BCUT2D eigenvalue weighted by Gasteiger charge is -2.17. The van der Waals surface area contributed by atoms with Crippen LogP contribution in [0.1, 0.15) is 16.7 Å². The zero-order valence-corrected chi connectivity index (χ0v) is 15.3. The molecule has 2 aliphatic rings. The van der Waals surface area contributed by atoms with E-state index in [1.54, 1.807) is 0 Å². The van der Waals surface area contributed by atoms with Crippen LogP contribution in [0.15, 0.2) is 59.4 Å². The number of benzene rings is 1. The Morgan fingerprint density at radius 3 is 2.96 bits per heavy atom. The number of nitrogens with zero attached hydrogens (tertiary/aromatic N) is 4. The Morgan fingerprint density at radius 1 is 1.35 bits per heavy atom. The van der Waals surface area contributed by atoms with Crippen LogP contribution in [-0.2, 0) is 6.54 Å². The molecule has 5 nitrogen and oxygen atoms in total. The topological polar surface area (TPSA) is 59.7 Å². The first kappa shape index (κ1) is 15.5. The summed E-state index contributed by atoms with van der Waals surface area (Å²) in [5.74, 6) is 0. The number of nitrogens with two attached hydrogens (primary N) is 1. The summed E-state index contributed by atoms with van der Waals surface area (Å²) in [5, 5.41) is 0.603. The van der Waals surface area contributed by atoms with Gasteiger partial charge in [0.15, 0.2) is 5.65 Å². The first-order chi connectivity index (χ1) is 12.6. The third-order valence-corrected chi connectivity index (χ3v) is 5.83.